The number of carbonyl (C=O) groups excluding carboxylic acids is 5. The summed E-state index contributed by atoms with van der Waals surface area (Å²) < 4.78 is 0. The van der Waals surface area contributed by atoms with E-state index in [9.17, 15) is 39.1 Å². The van der Waals surface area contributed by atoms with Gasteiger partial charge in [0.2, 0.25) is 29.5 Å². The number of hydrogen-bond donors (Lipinski definition) is 11. The first kappa shape index (κ1) is 46.2. The number of nitrogens with two attached hydrogens (primary N) is 2. The van der Waals surface area contributed by atoms with E-state index in [0.717, 1.165) is 19.4 Å². The van der Waals surface area contributed by atoms with E-state index in [2.05, 4.69) is 38.8 Å². The molecule has 0 aromatic heterocycles. The van der Waals surface area contributed by atoms with Gasteiger partial charge in [0.05, 0.1) is 12.0 Å². The molecular formula is C32H65BN8O8. The Hall–Kier alpha value is -2.83. The molecule has 0 heterocycles. The predicted octanol–water partition coefficient (Wildman–Crippen LogP) is -1.56. The Balaban J connectivity index is 5.02. The number of amides is 5. The van der Waals surface area contributed by atoms with Gasteiger partial charge in [0.25, 0.3) is 0 Å². The quantitative estimate of drug-likeness (QED) is 0.0314. The fraction of sp³-hybridized carbons (Fsp3) is 0.844. The molecule has 0 aliphatic carbocycles. The first-order chi connectivity index (χ1) is 23.3. The van der Waals surface area contributed by atoms with Crippen molar-refractivity contribution in [2.45, 2.75) is 147 Å². The average molecular weight is 701 g/mol. The second-order valence-electron chi connectivity index (χ2n) is 12.7. The molecule has 16 nitrogen and oxygen atoms in total. The van der Waals surface area contributed by atoms with Crippen molar-refractivity contribution in [2.75, 3.05) is 26.2 Å². The summed E-state index contributed by atoms with van der Waals surface area (Å²) in [5, 5.41) is 44.7. The summed E-state index contributed by atoms with van der Waals surface area (Å²) in [4.78, 5) is 64.4. The highest BCUT2D eigenvalue weighted by Crippen LogP contribution is 2.08. The molecule has 0 aliphatic heterocycles. The van der Waals surface area contributed by atoms with Crippen molar-refractivity contribution >= 4 is 36.7 Å². The Morgan fingerprint density at radius 2 is 1.22 bits per heavy atom. The van der Waals surface area contributed by atoms with Crippen LogP contribution in [0.1, 0.15) is 111 Å². The maximum absolute atomic E-state index is 13.1. The van der Waals surface area contributed by atoms with Gasteiger partial charge in [-0.1, -0.05) is 51.9 Å². The van der Waals surface area contributed by atoms with Gasteiger partial charge in [-0.15, -0.1) is 0 Å². The van der Waals surface area contributed by atoms with E-state index < -0.39 is 67.0 Å². The SMILES string of the molecule is CCCCCCCCCCNCCC(=O)N[C@@H](CCN)C(=O)N[C@H](C(=O)N[C@@H](C)C(=O)N[C@@H](CCCCN)C(=O)N[C@@H](C)B(O)O)[C@@H](C)O. The second kappa shape index (κ2) is 27.9. The minimum atomic E-state index is -1.81. The molecule has 0 saturated carbocycles. The summed E-state index contributed by atoms with van der Waals surface area (Å²) in [5.74, 6) is -4.32. The third-order valence-electron chi connectivity index (χ3n) is 8.05. The van der Waals surface area contributed by atoms with Gasteiger partial charge in [-0.2, -0.15) is 0 Å². The lowest BCUT2D eigenvalue weighted by Crippen LogP contribution is -2.60. The fourth-order valence-corrected chi connectivity index (χ4v) is 4.90. The summed E-state index contributed by atoms with van der Waals surface area (Å²) in [7, 11) is -1.81. The summed E-state index contributed by atoms with van der Waals surface area (Å²) in [5.41, 5.74) is 11.2. The number of nitrogens with one attached hydrogen (secondary N) is 6. The summed E-state index contributed by atoms with van der Waals surface area (Å²) in [6, 6.07) is -4.75. The zero-order valence-corrected chi connectivity index (χ0v) is 30.1. The number of unbranched alkanes of at least 4 members (excludes halogenated alkanes) is 8. The lowest BCUT2D eigenvalue weighted by atomic mass is 9.81. The first-order valence-corrected chi connectivity index (χ1v) is 17.9. The smallest absolute Gasteiger partial charge is 0.426 e. The molecule has 0 unspecified atom stereocenters. The third kappa shape index (κ3) is 21.8. The lowest BCUT2D eigenvalue weighted by molar-refractivity contribution is -0.136. The van der Waals surface area contributed by atoms with Crippen LogP contribution >= 0.6 is 0 Å². The van der Waals surface area contributed by atoms with Crippen LogP contribution in [0.15, 0.2) is 0 Å². The fourth-order valence-electron chi connectivity index (χ4n) is 4.90. The van der Waals surface area contributed by atoms with Crippen molar-refractivity contribution in [3.05, 3.63) is 0 Å². The monoisotopic (exact) mass is 701 g/mol. The van der Waals surface area contributed by atoms with Crippen molar-refractivity contribution in [1.82, 2.24) is 31.9 Å². The van der Waals surface area contributed by atoms with E-state index >= 15 is 0 Å². The molecule has 0 aromatic rings. The van der Waals surface area contributed by atoms with Gasteiger partial charge >= 0.3 is 7.12 Å². The van der Waals surface area contributed by atoms with Crippen molar-refractivity contribution in [3.8, 4) is 0 Å². The Kier molecular flexibility index (Phi) is 26.3. The van der Waals surface area contributed by atoms with Gasteiger partial charge < -0.3 is 58.5 Å². The predicted molar refractivity (Wildman–Crippen MR) is 190 cm³/mol. The van der Waals surface area contributed by atoms with E-state index in [1.807, 2.05) is 0 Å². The maximum atomic E-state index is 13.1. The van der Waals surface area contributed by atoms with Crippen LogP contribution < -0.4 is 43.4 Å². The van der Waals surface area contributed by atoms with Crippen LogP contribution in [0.4, 0.5) is 0 Å². The Morgan fingerprint density at radius 1 is 0.633 bits per heavy atom. The van der Waals surface area contributed by atoms with E-state index in [-0.39, 0.29) is 31.7 Å². The normalized spacial score (nSPS) is 14.8. The molecule has 284 valence electrons. The molecule has 0 bridgehead atoms. The highest BCUT2D eigenvalue weighted by Gasteiger charge is 2.32. The van der Waals surface area contributed by atoms with Crippen LogP contribution in [0.5, 0.6) is 0 Å². The largest absolute Gasteiger partial charge is 0.475 e. The van der Waals surface area contributed by atoms with Crippen LogP contribution in [0.3, 0.4) is 0 Å². The topological polar surface area (TPSA) is 270 Å². The molecular weight excluding hydrogens is 635 g/mol. The molecule has 0 aliphatic rings. The van der Waals surface area contributed by atoms with Crippen LogP contribution in [-0.4, -0.2) is 114 Å². The molecule has 6 atom stereocenters. The third-order valence-corrected chi connectivity index (χ3v) is 8.05. The molecule has 0 aromatic carbocycles. The molecule has 0 fully saturated rings. The number of hydrogen-bond acceptors (Lipinski definition) is 11. The highest BCUT2D eigenvalue weighted by molar-refractivity contribution is 6.43. The van der Waals surface area contributed by atoms with Gasteiger partial charge in [-0.25, -0.2) is 0 Å². The standard InChI is InChI=1S/C32H65BN8O8/c1-5-6-7-8-9-10-11-14-20-36-21-17-27(43)39-26(16-19-35)31(46)41-28(23(3)42)32(47)37-22(2)29(44)40-25(15-12-13-18-34)30(45)38-24(4)33(48)49/h22-26,28,36,42,48-49H,5-21,34-35H2,1-4H3,(H,37,47)(H,38,45)(H,39,43)(H,40,44)(H,41,46)/t22-,23+,24-,25-,26-,28-/m0/s1. The Labute approximate surface area is 292 Å². The maximum Gasteiger partial charge on any atom is 0.475 e. The molecule has 0 rings (SSSR count). The van der Waals surface area contributed by atoms with Gasteiger partial charge in [0, 0.05) is 13.0 Å². The molecule has 0 radical (unpaired) electrons. The average Bonchev–Trinajstić information content (AvgIpc) is 3.04. The van der Waals surface area contributed by atoms with Crippen molar-refractivity contribution in [1.29, 1.82) is 0 Å². The van der Waals surface area contributed by atoms with Crippen molar-refractivity contribution in [3.63, 3.8) is 0 Å². The highest BCUT2D eigenvalue weighted by atomic mass is 16.4. The first-order valence-electron chi connectivity index (χ1n) is 17.9. The van der Waals surface area contributed by atoms with E-state index in [1.165, 1.54) is 59.3 Å². The summed E-state index contributed by atoms with van der Waals surface area (Å²) in [6.45, 7) is 7.93. The number of aliphatic hydroxyl groups is 1. The molecule has 5 amide bonds. The van der Waals surface area contributed by atoms with Gasteiger partial charge in [-0.05, 0) is 72.5 Å². The number of carbonyl (C=O) groups is 5. The van der Waals surface area contributed by atoms with Crippen LogP contribution in [0.2, 0.25) is 0 Å². The second-order valence-corrected chi connectivity index (χ2v) is 12.7. The zero-order chi connectivity index (χ0) is 37.2. The Bertz CT molecular complexity index is 962. The number of rotatable bonds is 29. The van der Waals surface area contributed by atoms with Crippen molar-refractivity contribution in [2.24, 2.45) is 11.5 Å². The number of aliphatic hydroxyl groups excluding tert-OH is 1. The minimum absolute atomic E-state index is 0.0773. The van der Waals surface area contributed by atoms with Crippen LogP contribution in [0, 0.1) is 0 Å². The van der Waals surface area contributed by atoms with Crippen molar-refractivity contribution < 1.29 is 39.1 Å². The molecule has 13 N–H and O–H groups in total. The zero-order valence-electron chi connectivity index (χ0n) is 30.1. The molecule has 49 heavy (non-hydrogen) atoms. The van der Waals surface area contributed by atoms with E-state index in [1.54, 1.807) is 0 Å². The molecule has 0 spiro atoms. The molecule has 17 heteroatoms. The van der Waals surface area contributed by atoms with Gasteiger partial charge in [0.1, 0.15) is 24.2 Å². The van der Waals surface area contributed by atoms with Gasteiger partial charge in [0.15, 0.2) is 0 Å². The van der Waals surface area contributed by atoms with E-state index in [0.29, 0.717) is 25.9 Å². The minimum Gasteiger partial charge on any atom is -0.426 e. The lowest BCUT2D eigenvalue weighted by Gasteiger charge is -2.26. The molecule has 0 saturated heterocycles. The summed E-state index contributed by atoms with van der Waals surface area (Å²) >= 11 is 0. The van der Waals surface area contributed by atoms with Crippen LogP contribution in [-0.2, 0) is 24.0 Å². The van der Waals surface area contributed by atoms with Crippen LogP contribution in [0.25, 0.3) is 0 Å². The van der Waals surface area contributed by atoms with Gasteiger partial charge in [-0.3, -0.25) is 24.0 Å². The Morgan fingerprint density at radius 3 is 1.80 bits per heavy atom. The van der Waals surface area contributed by atoms with E-state index in [4.69, 9.17) is 11.5 Å². The summed E-state index contributed by atoms with van der Waals surface area (Å²) in [6.07, 6.45) is 9.85.